The van der Waals surface area contributed by atoms with Gasteiger partial charge in [-0.25, -0.2) is 0 Å². The van der Waals surface area contributed by atoms with Gasteiger partial charge in [0.15, 0.2) is 0 Å². The van der Waals surface area contributed by atoms with E-state index in [2.05, 4.69) is 17.0 Å². The van der Waals surface area contributed by atoms with Crippen molar-refractivity contribution in [2.45, 2.75) is 13.0 Å². The number of carbonyl (C=O) groups is 1. The Hall–Kier alpha value is -0.610. The standard InChI is InChI=1S/C13H15NO2.Na/c15-13(16)12-7-4-8-14(10-12)9-11-5-2-1-3-6-11;/h1-3,5-7H,4,8-10H2,(H,15,16);/q;+1/p-1. The fourth-order valence-corrected chi connectivity index (χ4v) is 1.93. The van der Waals surface area contributed by atoms with Gasteiger partial charge in [0.2, 0.25) is 0 Å². The second-order valence-electron chi connectivity index (χ2n) is 4.00. The Morgan fingerprint density at radius 2 is 2.00 bits per heavy atom. The van der Waals surface area contributed by atoms with Crippen molar-refractivity contribution in [3.63, 3.8) is 0 Å². The van der Waals surface area contributed by atoms with Gasteiger partial charge in [0, 0.05) is 19.6 Å². The van der Waals surface area contributed by atoms with Gasteiger partial charge in [0.25, 0.3) is 0 Å². The van der Waals surface area contributed by atoms with E-state index in [1.165, 1.54) is 5.56 Å². The number of hydrogen-bond acceptors (Lipinski definition) is 3. The smallest absolute Gasteiger partial charge is 0.545 e. The summed E-state index contributed by atoms with van der Waals surface area (Å²) >= 11 is 0. The number of carboxylic acids is 1. The third kappa shape index (κ3) is 4.28. The summed E-state index contributed by atoms with van der Waals surface area (Å²) in [6.07, 6.45) is 2.55. The molecule has 0 saturated heterocycles. The van der Waals surface area contributed by atoms with Gasteiger partial charge in [-0.15, -0.1) is 0 Å². The molecule has 0 unspecified atom stereocenters. The molecule has 0 atom stereocenters. The first-order valence-corrected chi connectivity index (χ1v) is 5.42. The summed E-state index contributed by atoms with van der Waals surface area (Å²) in [7, 11) is 0. The summed E-state index contributed by atoms with van der Waals surface area (Å²) in [6, 6.07) is 10.1. The molecule has 17 heavy (non-hydrogen) atoms. The minimum Gasteiger partial charge on any atom is -0.545 e. The van der Waals surface area contributed by atoms with Crippen LogP contribution < -0.4 is 34.7 Å². The molecule has 1 aromatic carbocycles. The molecule has 84 valence electrons. The number of benzene rings is 1. The van der Waals surface area contributed by atoms with Gasteiger partial charge in [-0.05, 0) is 17.6 Å². The average molecular weight is 239 g/mol. The summed E-state index contributed by atoms with van der Waals surface area (Å²) < 4.78 is 0. The van der Waals surface area contributed by atoms with E-state index in [9.17, 15) is 9.90 Å². The molecule has 1 heterocycles. The van der Waals surface area contributed by atoms with E-state index in [4.69, 9.17) is 0 Å². The van der Waals surface area contributed by atoms with E-state index < -0.39 is 5.97 Å². The zero-order valence-electron chi connectivity index (χ0n) is 10.1. The quantitative estimate of drug-likeness (QED) is 0.551. The average Bonchev–Trinajstić information content (AvgIpc) is 2.30. The molecule has 0 radical (unpaired) electrons. The second kappa shape index (κ2) is 6.97. The molecule has 0 fully saturated rings. The first-order valence-electron chi connectivity index (χ1n) is 5.42. The molecule has 0 bridgehead atoms. The molecular formula is C13H14NNaO2. The minimum atomic E-state index is -1.04. The number of aliphatic carboxylic acids is 1. The Balaban J connectivity index is 0.00000144. The fourth-order valence-electron chi connectivity index (χ4n) is 1.93. The molecule has 0 spiro atoms. The van der Waals surface area contributed by atoms with E-state index in [0.717, 1.165) is 19.5 Å². The molecule has 1 aliphatic rings. The minimum absolute atomic E-state index is 0. The molecule has 2 rings (SSSR count). The molecular weight excluding hydrogens is 225 g/mol. The van der Waals surface area contributed by atoms with Crippen LogP contribution in [-0.4, -0.2) is 24.0 Å². The Kier molecular flexibility index (Phi) is 5.92. The Bertz CT molecular complexity index is 403. The monoisotopic (exact) mass is 239 g/mol. The third-order valence-corrected chi connectivity index (χ3v) is 2.74. The van der Waals surface area contributed by atoms with Crippen LogP contribution in [0.4, 0.5) is 0 Å². The van der Waals surface area contributed by atoms with Gasteiger partial charge in [0.1, 0.15) is 0 Å². The topological polar surface area (TPSA) is 43.4 Å². The zero-order valence-corrected chi connectivity index (χ0v) is 12.1. The van der Waals surface area contributed by atoms with Crippen LogP contribution in [0.2, 0.25) is 0 Å². The maximum absolute atomic E-state index is 10.7. The van der Waals surface area contributed by atoms with Crippen molar-refractivity contribution in [3.05, 3.63) is 47.5 Å². The van der Waals surface area contributed by atoms with E-state index in [0.29, 0.717) is 12.1 Å². The maximum atomic E-state index is 10.7. The van der Waals surface area contributed by atoms with Gasteiger partial charge in [-0.2, -0.15) is 0 Å². The largest absolute Gasteiger partial charge is 1.00 e. The van der Waals surface area contributed by atoms with E-state index in [1.807, 2.05) is 18.2 Å². The number of nitrogens with zero attached hydrogens (tertiary/aromatic N) is 1. The molecule has 0 N–H and O–H groups in total. The van der Waals surface area contributed by atoms with Crippen molar-refractivity contribution in [2.24, 2.45) is 0 Å². The Labute approximate surface area is 123 Å². The molecule has 1 aliphatic heterocycles. The van der Waals surface area contributed by atoms with Crippen molar-refractivity contribution < 1.29 is 39.5 Å². The van der Waals surface area contributed by atoms with Gasteiger partial charge >= 0.3 is 29.6 Å². The van der Waals surface area contributed by atoms with Gasteiger partial charge in [-0.3, -0.25) is 4.90 Å². The SMILES string of the molecule is O=C([O-])C1=CCCN(Cc2ccccc2)C1.[Na+]. The van der Waals surface area contributed by atoms with Crippen molar-refractivity contribution in [1.29, 1.82) is 0 Å². The van der Waals surface area contributed by atoms with Gasteiger partial charge < -0.3 is 9.90 Å². The predicted molar refractivity (Wildman–Crippen MR) is 59.4 cm³/mol. The predicted octanol–water partition coefficient (Wildman–Crippen LogP) is -2.43. The van der Waals surface area contributed by atoms with Crippen LogP contribution in [0.3, 0.4) is 0 Å². The summed E-state index contributed by atoms with van der Waals surface area (Å²) in [6.45, 7) is 2.19. The fraction of sp³-hybridized carbons (Fsp3) is 0.308. The van der Waals surface area contributed by atoms with Crippen LogP contribution in [0.25, 0.3) is 0 Å². The Morgan fingerprint density at radius 3 is 2.65 bits per heavy atom. The second-order valence-corrected chi connectivity index (χ2v) is 4.00. The molecule has 0 aromatic heterocycles. The summed E-state index contributed by atoms with van der Waals surface area (Å²) in [4.78, 5) is 12.9. The first kappa shape index (κ1) is 14.5. The van der Waals surface area contributed by atoms with E-state index in [-0.39, 0.29) is 29.6 Å². The normalized spacial score (nSPS) is 15.9. The van der Waals surface area contributed by atoms with E-state index >= 15 is 0 Å². The third-order valence-electron chi connectivity index (χ3n) is 2.74. The molecule has 0 aliphatic carbocycles. The van der Waals surface area contributed by atoms with Crippen LogP contribution in [0.1, 0.15) is 12.0 Å². The molecule has 0 amide bonds. The summed E-state index contributed by atoms with van der Waals surface area (Å²) in [5.74, 6) is -1.04. The molecule has 0 saturated carbocycles. The number of rotatable bonds is 3. The van der Waals surface area contributed by atoms with Crippen LogP contribution in [0.15, 0.2) is 42.0 Å². The van der Waals surface area contributed by atoms with Crippen molar-refractivity contribution in [2.75, 3.05) is 13.1 Å². The molecule has 1 aromatic rings. The van der Waals surface area contributed by atoms with Crippen molar-refractivity contribution in [3.8, 4) is 0 Å². The molecule has 3 nitrogen and oxygen atoms in total. The number of hydrogen-bond donors (Lipinski definition) is 0. The van der Waals surface area contributed by atoms with Crippen LogP contribution in [0, 0.1) is 0 Å². The zero-order chi connectivity index (χ0) is 11.4. The van der Waals surface area contributed by atoms with Crippen LogP contribution in [-0.2, 0) is 11.3 Å². The first-order chi connectivity index (χ1) is 7.75. The van der Waals surface area contributed by atoms with E-state index in [1.54, 1.807) is 6.08 Å². The van der Waals surface area contributed by atoms with Crippen molar-refractivity contribution >= 4 is 5.97 Å². The molecule has 4 heteroatoms. The van der Waals surface area contributed by atoms with Gasteiger partial charge in [-0.1, -0.05) is 36.4 Å². The van der Waals surface area contributed by atoms with Crippen LogP contribution in [0.5, 0.6) is 0 Å². The van der Waals surface area contributed by atoms with Crippen LogP contribution >= 0.6 is 0 Å². The summed E-state index contributed by atoms with van der Waals surface area (Å²) in [5.41, 5.74) is 1.62. The Morgan fingerprint density at radius 1 is 1.29 bits per heavy atom. The number of carbonyl (C=O) groups excluding carboxylic acids is 1. The summed E-state index contributed by atoms with van der Waals surface area (Å²) in [5, 5.41) is 10.7. The number of carboxylic acid groups (broad SMARTS) is 1. The van der Waals surface area contributed by atoms with Gasteiger partial charge in [0.05, 0.1) is 5.97 Å². The maximum Gasteiger partial charge on any atom is 1.00 e. The van der Waals surface area contributed by atoms with Crippen molar-refractivity contribution in [1.82, 2.24) is 4.90 Å².